The number of rotatable bonds is 31. The van der Waals surface area contributed by atoms with E-state index in [0.29, 0.717) is 175 Å². The molecule has 1 aliphatic carbocycles. The lowest BCUT2D eigenvalue weighted by molar-refractivity contribution is -0.265. The van der Waals surface area contributed by atoms with Gasteiger partial charge in [-0.25, -0.2) is 47.2 Å². The molecule has 134 heavy (non-hydrogen) atoms. The van der Waals surface area contributed by atoms with Crippen molar-refractivity contribution in [3.8, 4) is 33.6 Å². The number of oxazole rings is 1. The summed E-state index contributed by atoms with van der Waals surface area (Å²) in [5.41, 5.74) is 20.0. The zero-order chi connectivity index (χ0) is 95.3. The molecule has 13 rings (SSSR count). The number of nitrogens with zero attached hydrogens (tertiary/aromatic N) is 16. The number of aryl methyl sites for hydroxylation is 2. The number of nitrogens with one attached hydrogen (secondary N) is 1. The molecular formula is C95H129N19O19S. The summed E-state index contributed by atoms with van der Waals surface area (Å²) in [6.07, 6.45) is 19.9. The van der Waals surface area contributed by atoms with Crippen LogP contribution in [-0.4, -0.2) is 280 Å². The van der Waals surface area contributed by atoms with Gasteiger partial charge in [-0.2, -0.15) is 14.4 Å². The summed E-state index contributed by atoms with van der Waals surface area (Å²) < 4.78 is 81.5. The molecule has 8 aromatic rings. The van der Waals surface area contributed by atoms with Gasteiger partial charge in [-0.1, -0.05) is 99.7 Å². The van der Waals surface area contributed by atoms with Crippen LogP contribution < -0.4 is 21.7 Å². The number of aliphatic hydroxyl groups is 3. The fourth-order valence-electron chi connectivity index (χ4n) is 18.5. The number of unbranched alkanes of at least 4 members (excludes halogenated alkanes) is 1. The summed E-state index contributed by atoms with van der Waals surface area (Å²) >= 11 is 0. The Labute approximate surface area is 780 Å². The van der Waals surface area contributed by atoms with Crippen LogP contribution in [0.3, 0.4) is 0 Å². The largest absolute Gasteiger partial charge is 0.460 e. The Morgan fingerprint density at radius 3 is 2.29 bits per heavy atom. The minimum atomic E-state index is -3.65. The van der Waals surface area contributed by atoms with Gasteiger partial charge in [0, 0.05) is 139 Å². The molecule has 1 saturated carbocycles. The van der Waals surface area contributed by atoms with E-state index < -0.39 is 99.5 Å². The minimum Gasteiger partial charge on any atom is -0.460 e. The highest BCUT2D eigenvalue weighted by molar-refractivity contribution is 7.89. The predicted molar refractivity (Wildman–Crippen MR) is 498 cm³/mol. The molecule has 724 valence electrons. The van der Waals surface area contributed by atoms with Crippen LogP contribution in [0.2, 0.25) is 0 Å². The quantitative estimate of drug-likeness (QED) is 0.0102. The number of benzene rings is 2. The number of methoxy groups -OCH3 is 2. The first-order valence-corrected chi connectivity index (χ1v) is 48.3. The first-order chi connectivity index (χ1) is 64.5. The van der Waals surface area contributed by atoms with E-state index in [9.17, 15) is 52.5 Å². The van der Waals surface area contributed by atoms with Gasteiger partial charge in [-0.05, 0) is 150 Å². The fraction of sp³-hybridized carbons (Fsp3) is 0.579. The number of ketones is 3. The van der Waals surface area contributed by atoms with Crippen molar-refractivity contribution in [2.24, 2.45) is 35.5 Å². The molecule has 15 atom stereocenters. The summed E-state index contributed by atoms with van der Waals surface area (Å²) in [4.78, 5) is 111. The minimum absolute atomic E-state index is 0.00206. The predicted octanol–water partition coefficient (Wildman–Crippen LogP) is 8.56. The molecule has 39 heteroatoms. The maximum atomic E-state index is 14.9. The van der Waals surface area contributed by atoms with Crippen LogP contribution in [0, 0.1) is 35.5 Å². The topological polar surface area (TPSA) is 492 Å². The number of aromatic nitrogens is 13. The number of nitrogens with two attached hydrogens (primary N) is 2. The number of ether oxygens (including phenoxy) is 7. The molecular weight excluding hydrogens is 1740 g/mol. The van der Waals surface area contributed by atoms with Gasteiger partial charge in [0.05, 0.1) is 99.3 Å². The highest BCUT2D eigenvalue weighted by Crippen LogP contribution is 2.43. The number of carbonyl (C=O) groups is 6. The molecule has 10 heterocycles. The summed E-state index contributed by atoms with van der Waals surface area (Å²) in [5, 5.41) is 60.8. The number of nitrogen functional groups attached to an aromatic ring is 2. The number of amides is 2. The number of piperazine rings is 1. The van der Waals surface area contributed by atoms with Crippen molar-refractivity contribution in [3.05, 3.63) is 127 Å². The number of esters is 1. The number of hydrogen-bond acceptors (Lipinski definition) is 32. The van der Waals surface area contributed by atoms with Crippen molar-refractivity contribution in [2.45, 2.75) is 219 Å². The second kappa shape index (κ2) is 47.1. The fourth-order valence-corrected chi connectivity index (χ4v) is 19.9. The molecule has 2 aromatic carbocycles. The molecule has 1 unspecified atom stereocenters. The summed E-state index contributed by atoms with van der Waals surface area (Å²) in [7, 11) is -0.431. The number of Topliss-reactive ketones (excluding diaryl/α,β-unsaturated/α-hetero) is 3. The molecule has 6 aromatic heterocycles. The lowest BCUT2D eigenvalue weighted by Crippen LogP contribution is -2.61. The zero-order valence-electron chi connectivity index (χ0n) is 78.0. The van der Waals surface area contributed by atoms with Crippen LogP contribution in [0.1, 0.15) is 157 Å². The molecule has 2 bridgehead atoms. The monoisotopic (exact) mass is 1870 g/mol. The molecule has 0 spiro atoms. The zero-order valence-corrected chi connectivity index (χ0v) is 78.8. The SMILES string of the molecule is CO[C@@H]1C[C@@H]2CC[C@@H](C)[C@@](O)(O2)C(=O)C(=O)N2CCCC[C@H]2C(=O)O[C@H]([C@H](C)C[C@@H]2CCC(n3nncc3-c3cccc(-c4cnc(N5CCN(S(=O)(=O)CCc6cn(CCOCCOCCOCCC(=O)NCCCCn7nc(-c8ccc9oc(N)nc9c8)c8c(N)ncnc87)nn6)CC5)nc4)c3)[C@H](OC)C2)CC(=O)[C@H](C)/C=C(/C)[C@H](O)[C@@H](O)C(=O)[C@H](C)C[C@H](C)/C=C\C=CC=C1C. The molecule has 4 fully saturated rings. The normalized spacial score (nSPS) is 26.1. The number of sulfonamides is 1. The number of cyclic esters (lactones) is 1. The van der Waals surface area contributed by atoms with Crippen molar-refractivity contribution in [1.82, 2.24) is 79.2 Å². The van der Waals surface area contributed by atoms with Crippen LogP contribution in [-0.2, 0) is 91.5 Å². The number of carbonyl (C=O) groups excluding carboxylic acids is 6. The molecule has 0 radical (unpaired) electrons. The van der Waals surface area contributed by atoms with Gasteiger partial charge < -0.3 is 79.5 Å². The van der Waals surface area contributed by atoms with E-state index in [0.717, 1.165) is 39.9 Å². The second-order valence-corrected chi connectivity index (χ2v) is 38.2. The van der Waals surface area contributed by atoms with E-state index >= 15 is 0 Å². The summed E-state index contributed by atoms with van der Waals surface area (Å²) in [6.45, 7) is 16.9. The Bertz CT molecular complexity index is 5570. The Morgan fingerprint density at radius 1 is 0.761 bits per heavy atom. The van der Waals surface area contributed by atoms with Crippen LogP contribution in [0.4, 0.5) is 17.8 Å². The van der Waals surface area contributed by atoms with Crippen molar-refractivity contribution in [2.75, 3.05) is 115 Å². The van der Waals surface area contributed by atoms with E-state index in [2.05, 4.69) is 40.9 Å². The molecule has 2 amide bonds. The smallest absolute Gasteiger partial charge is 0.329 e. The first-order valence-electron chi connectivity index (χ1n) is 46.7. The number of allylic oxidation sites excluding steroid dienone is 6. The first kappa shape index (κ1) is 101. The Kier molecular flexibility index (Phi) is 35.3. The number of anilines is 3. The van der Waals surface area contributed by atoms with Crippen LogP contribution in [0.15, 0.2) is 126 Å². The third-order valence-electron chi connectivity index (χ3n) is 26.4. The van der Waals surface area contributed by atoms with Gasteiger partial charge in [0.15, 0.2) is 17.0 Å². The number of piperidine rings is 1. The average Bonchev–Trinajstić information content (AvgIpc) is 1.66. The number of aliphatic hydroxyl groups excluding tert-OH is 2. The van der Waals surface area contributed by atoms with E-state index in [1.807, 2.05) is 97.1 Å². The van der Waals surface area contributed by atoms with E-state index in [1.165, 1.54) is 21.6 Å². The second-order valence-electron chi connectivity index (χ2n) is 36.1. The van der Waals surface area contributed by atoms with Crippen molar-refractivity contribution in [3.63, 3.8) is 0 Å². The van der Waals surface area contributed by atoms with Gasteiger partial charge >= 0.3 is 5.97 Å². The van der Waals surface area contributed by atoms with E-state index in [-0.39, 0.29) is 111 Å². The van der Waals surface area contributed by atoms with Crippen molar-refractivity contribution >= 4 is 85.1 Å². The van der Waals surface area contributed by atoms with Crippen molar-refractivity contribution < 1.29 is 90.1 Å². The van der Waals surface area contributed by atoms with Gasteiger partial charge in [0.25, 0.3) is 17.7 Å². The van der Waals surface area contributed by atoms with E-state index in [1.54, 1.807) is 82.1 Å². The molecule has 5 aliphatic rings. The lowest BCUT2D eigenvalue weighted by atomic mass is 9.77. The Hall–Kier alpha value is -10.9. The maximum absolute atomic E-state index is 14.9. The molecule has 38 nitrogen and oxygen atoms in total. The lowest BCUT2D eigenvalue weighted by Gasteiger charge is -2.42. The average molecular weight is 1870 g/mol. The molecule has 4 aliphatic heterocycles. The van der Waals surface area contributed by atoms with Gasteiger partial charge in [-0.3, -0.25) is 24.0 Å². The Balaban J connectivity index is 0.541. The van der Waals surface area contributed by atoms with Crippen LogP contribution in [0.25, 0.3) is 55.8 Å². The number of hydrogen-bond donors (Lipinski definition) is 6. The van der Waals surface area contributed by atoms with Gasteiger partial charge in [0.2, 0.25) is 27.7 Å². The van der Waals surface area contributed by atoms with E-state index in [4.69, 9.17) is 64.1 Å². The number of fused-ring (bicyclic) bond motifs is 5. The third-order valence-corrected chi connectivity index (χ3v) is 28.3. The van der Waals surface area contributed by atoms with Gasteiger partial charge in [-0.15, -0.1) is 10.2 Å². The summed E-state index contributed by atoms with van der Waals surface area (Å²) in [6, 6.07) is 12.0. The maximum Gasteiger partial charge on any atom is 0.329 e. The summed E-state index contributed by atoms with van der Waals surface area (Å²) in [5.74, 6) is -8.71. The molecule has 8 N–H and O–H groups in total. The highest BCUT2D eigenvalue weighted by atomic mass is 32.2. The third kappa shape index (κ3) is 25.6. The highest BCUT2D eigenvalue weighted by Gasteiger charge is 2.53. The van der Waals surface area contributed by atoms with Gasteiger partial charge in [0.1, 0.15) is 53.5 Å². The standard InChI is InChI=1S/C95H129N19O19S/c1-59-18-11-10-12-19-60(2)79(126-8)52-72-26-23-65(7)95(123,133-72)88(120)91(121)112-32-15-13-22-75(112)92(122)131-80(53-77(115)61(3)47-64(6)86(118)87(119)85(117)63(5)46-59)62(4)48-66-24-27-74(81(49-66)127-9)114-76(56-103-107-114)68-21-17-20-67(50-68)70-54-99-94(100-55-70)109-34-36-111(37-35-109)134(124,125)45-30-71-57-110(108-105-71)38-40-129-42-44-130-43-41-128-39-29-82(116)98-31-14-16-33-113-90-83(89(96)101-58-102-90)84(106-113)69-25-28-78-73(51-69)104-93(97)132-78/h10-12,17-21,25,28,47,50-51,54-59,61-63,65-66,72,74-75,79-81,86-87,118-119,123H,13-16,22-24,26-27,29-46,48-49,52-53H2,1-9H3,(H2,97,104)(H,98,116)(H2,96,101,102)/b12-10?,18-11-,60-19?,64-47-/t59-,61-,62-,63-,65-,66+,72+,74?,75+,79-,80+,81-,86+,87+,95-/m1/s1. The van der Waals surface area contributed by atoms with Crippen LogP contribution >= 0.6 is 0 Å². The Morgan fingerprint density at radius 2 is 1.52 bits per heavy atom. The van der Waals surface area contributed by atoms with Crippen molar-refractivity contribution in [1.29, 1.82) is 0 Å². The van der Waals surface area contributed by atoms with Crippen LogP contribution in [0.5, 0.6) is 0 Å². The molecule has 3 saturated heterocycles.